The van der Waals surface area contributed by atoms with E-state index in [2.05, 4.69) is 31.3 Å². The van der Waals surface area contributed by atoms with Gasteiger partial charge in [-0.3, -0.25) is 24.4 Å². The van der Waals surface area contributed by atoms with Crippen molar-refractivity contribution in [2.24, 2.45) is 27.2 Å². The van der Waals surface area contributed by atoms with Gasteiger partial charge in [0.2, 0.25) is 11.8 Å². The summed E-state index contributed by atoms with van der Waals surface area (Å²) in [7, 11) is 0. The first-order chi connectivity index (χ1) is 22.5. The molecule has 2 rings (SSSR count). The van der Waals surface area contributed by atoms with E-state index in [1.54, 1.807) is 0 Å². The summed E-state index contributed by atoms with van der Waals surface area (Å²) < 4.78 is 81.2. The van der Waals surface area contributed by atoms with Crippen molar-refractivity contribution in [3.05, 3.63) is 58.8 Å². The predicted octanol–water partition coefficient (Wildman–Crippen LogP) is 4.73. The number of benzene rings is 2. The second kappa shape index (κ2) is 17.7. The highest BCUT2D eigenvalue weighted by Crippen LogP contribution is 2.39. The molecule has 10 N–H and O–H groups in total. The van der Waals surface area contributed by atoms with Gasteiger partial charge in [0.1, 0.15) is 5.70 Å². The zero-order valence-corrected chi connectivity index (χ0v) is 26.1. The standard InChI is InChI=1S/C30H37F6N9O3/c1-3-40-20(27(48)45-21-14-18(29(31,32)33)8-7-17(21)2)9-10-25(47)44-23-16-19(30(34,35)36)15-22(43-24(46)6-4-5-11-37)26(23)41-12-13-42-28(38)39/h3,7-9,14-16,41H,4-6,10-13,37H2,1-2H3,(H,43,46)(H,44,47)(H,45,48)(H4,38,39,42)/b20-9-,40-3?. The number of amides is 3. The second-order valence-electron chi connectivity index (χ2n) is 10.2. The molecule has 2 aromatic rings. The molecule has 0 aliphatic carbocycles. The average Bonchev–Trinajstić information content (AvgIpc) is 2.98. The number of alkyl halides is 6. The van der Waals surface area contributed by atoms with Crippen molar-refractivity contribution in [3.63, 3.8) is 0 Å². The third-order valence-corrected chi connectivity index (χ3v) is 6.37. The van der Waals surface area contributed by atoms with Gasteiger partial charge in [-0.05, 0) is 69.1 Å². The average molecular weight is 686 g/mol. The van der Waals surface area contributed by atoms with Gasteiger partial charge < -0.3 is 38.5 Å². The van der Waals surface area contributed by atoms with Gasteiger partial charge in [0, 0.05) is 31.3 Å². The molecule has 0 bridgehead atoms. The molecule has 12 nitrogen and oxygen atoms in total. The Balaban J connectivity index is 2.42. The molecule has 0 aromatic heterocycles. The molecule has 48 heavy (non-hydrogen) atoms. The van der Waals surface area contributed by atoms with Crippen molar-refractivity contribution in [1.82, 2.24) is 0 Å². The Morgan fingerprint density at radius 3 is 2.02 bits per heavy atom. The maximum Gasteiger partial charge on any atom is 0.416 e. The lowest BCUT2D eigenvalue weighted by Gasteiger charge is -2.20. The molecule has 2 aromatic carbocycles. The van der Waals surface area contributed by atoms with Crippen LogP contribution in [0.2, 0.25) is 0 Å². The molecule has 0 saturated carbocycles. The largest absolute Gasteiger partial charge is 0.416 e. The predicted molar refractivity (Wildman–Crippen MR) is 172 cm³/mol. The Hall–Kier alpha value is -5.13. The number of anilines is 4. The van der Waals surface area contributed by atoms with Crippen LogP contribution in [0.5, 0.6) is 0 Å². The molecule has 0 aliphatic heterocycles. The van der Waals surface area contributed by atoms with E-state index < -0.39 is 47.6 Å². The number of aryl methyl sites for hydroxylation is 1. The molecule has 0 unspecified atom stereocenters. The topological polar surface area (TPSA) is 202 Å². The smallest absolute Gasteiger partial charge is 0.380 e. The van der Waals surface area contributed by atoms with Crippen molar-refractivity contribution in [3.8, 4) is 0 Å². The molecule has 18 heteroatoms. The minimum Gasteiger partial charge on any atom is -0.380 e. The molecule has 262 valence electrons. The lowest BCUT2D eigenvalue weighted by molar-refractivity contribution is -0.138. The summed E-state index contributed by atoms with van der Waals surface area (Å²) >= 11 is 0. The monoisotopic (exact) mass is 685 g/mol. The number of carbonyl (C=O) groups excluding carboxylic acids is 3. The van der Waals surface area contributed by atoms with Gasteiger partial charge in [-0.1, -0.05) is 6.07 Å². The highest BCUT2D eigenvalue weighted by molar-refractivity contribution is 6.06. The van der Waals surface area contributed by atoms with Crippen molar-refractivity contribution in [2.75, 3.05) is 40.9 Å². The van der Waals surface area contributed by atoms with Gasteiger partial charge >= 0.3 is 12.4 Å². The van der Waals surface area contributed by atoms with E-state index >= 15 is 0 Å². The summed E-state index contributed by atoms with van der Waals surface area (Å²) in [6, 6.07) is 4.13. The number of nitrogens with one attached hydrogen (secondary N) is 4. The number of carbonyl (C=O) groups is 3. The Bertz CT molecular complexity index is 1550. The van der Waals surface area contributed by atoms with E-state index in [0.717, 1.165) is 18.2 Å². The molecule has 0 saturated heterocycles. The van der Waals surface area contributed by atoms with E-state index in [4.69, 9.17) is 17.2 Å². The van der Waals surface area contributed by atoms with Gasteiger partial charge in [0.25, 0.3) is 5.91 Å². The first-order valence-electron chi connectivity index (χ1n) is 14.5. The Kier molecular flexibility index (Phi) is 14.4. The summed E-state index contributed by atoms with van der Waals surface area (Å²) in [5, 5.41) is 9.94. The number of nitrogens with zero attached hydrogens (tertiary/aromatic N) is 2. The molecule has 0 atom stereocenters. The SMILES string of the molecule is CC=N/C(=C\CC(=O)Nc1cc(C(F)(F)F)cc(NC(=O)CCCCN)c1NCCN=C(N)N)C(=O)Nc1cc(C(F)(F)F)ccc1C. The van der Waals surface area contributed by atoms with E-state index in [1.807, 2.05) is 0 Å². The van der Waals surface area contributed by atoms with Gasteiger partial charge in [-0.2, -0.15) is 26.3 Å². The van der Waals surface area contributed by atoms with Crippen LogP contribution in [0.4, 0.5) is 49.1 Å². The van der Waals surface area contributed by atoms with Crippen LogP contribution in [-0.4, -0.2) is 49.5 Å². The lowest BCUT2D eigenvalue weighted by atomic mass is 10.1. The first-order valence-corrected chi connectivity index (χ1v) is 14.5. The quantitative estimate of drug-likeness (QED) is 0.0462. The fraction of sp³-hybridized carbons (Fsp3) is 0.367. The van der Waals surface area contributed by atoms with E-state index in [9.17, 15) is 40.7 Å². The number of guanidine groups is 1. The fourth-order valence-corrected chi connectivity index (χ4v) is 4.05. The summed E-state index contributed by atoms with van der Waals surface area (Å²) in [6.07, 6.45) is -7.02. The number of rotatable bonds is 15. The number of hydrogen-bond acceptors (Lipinski definition) is 7. The van der Waals surface area contributed by atoms with Crippen molar-refractivity contribution < 1.29 is 40.7 Å². The molecule has 0 heterocycles. The van der Waals surface area contributed by atoms with Crippen molar-refractivity contribution >= 4 is 52.6 Å². The molecule has 0 spiro atoms. The van der Waals surface area contributed by atoms with Crippen LogP contribution in [0.25, 0.3) is 0 Å². The Labute approximate surface area is 272 Å². The van der Waals surface area contributed by atoms with Crippen molar-refractivity contribution in [2.45, 2.75) is 51.9 Å². The zero-order chi connectivity index (χ0) is 36.1. The van der Waals surface area contributed by atoms with Crippen LogP contribution in [0.15, 0.2) is 52.1 Å². The second-order valence-corrected chi connectivity index (χ2v) is 10.2. The molecular weight excluding hydrogens is 648 g/mol. The zero-order valence-electron chi connectivity index (χ0n) is 26.1. The molecular formula is C30H37F6N9O3. The summed E-state index contributed by atoms with van der Waals surface area (Å²) in [4.78, 5) is 46.2. The van der Waals surface area contributed by atoms with E-state index in [1.165, 1.54) is 26.1 Å². The van der Waals surface area contributed by atoms with Crippen molar-refractivity contribution in [1.29, 1.82) is 0 Å². The maximum absolute atomic E-state index is 13.9. The normalized spacial score (nSPS) is 12.1. The van der Waals surface area contributed by atoms with Gasteiger partial charge in [-0.15, -0.1) is 0 Å². The molecule has 3 amide bonds. The van der Waals surface area contributed by atoms with Gasteiger partial charge in [-0.25, -0.2) is 0 Å². The number of nitrogens with two attached hydrogens (primary N) is 3. The van der Waals surface area contributed by atoms with Crippen LogP contribution < -0.4 is 38.5 Å². The number of unbranched alkanes of at least 4 members (excludes halogenated alkanes) is 1. The lowest BCUT2D eigenvalue weighted by Crippen LogP contribution is -2.24. The maximum atomic E-state index is 13.9. The van der Waals surface area contributed by atoms with Crippen LogP contribution in [0.3, 0.4) is 0 Å². The number of halogens is 6. The van der Waals surface area contributed by atoms with Crippen LogP contribution in [-0.2, 0) is 26.7 Å². The highest BCUT2D eigenvalue weighted by Gasteiger charge is 2.33. The van der Waals surface area contributed by atoms with Crippen LogP contribution in [0.1, 0.15) is 49.3 Å². The Morgan fingerprint density at radius 1 is 0.854 bits per heavy atom. The molecule has 0 radical (unpaired) electrons. The minimum atomic E-state index is -4.88. The Morgan fingerprint density at radius 2 is 1.46 bits per heavy atom. The minimum absolute atomic E-state index is 0.0117. The fourth-order valence-electron chi connectivity index (χ4n) is 4.05. The van der Waals surface area contributed by atoms with Crippen LogP contribution in [0, 0.1) is 6.92 Å². The first kappa shape index (κ1) is 39.1. The summed E-state index contributed by atoms with van der Waals surface area (Å²) in [6.45, 7) is 3.21. The van der Waals surface area contributed by atoms with E-state index in [0.29, 0.717) is 37.1 Å². The summed E-state index contributed by atoms with van der Waals surface area (Å²) in [5.41, 5.74) is 13.0. The van der Waals surface area contributed by atoms with Gasteiger partial charge in [0.15, 0.2) is 5.96 Å². The van der Waals surface area contributed by atoms with Gasteiger partial charge in [0.05, 0.1) is 34.7 Å². The summed E-state index contributed by atoms with van der Waals surface area (Å²) in [5.74, 6) is -2.67. The number of aliphatic imine (C=N–C) groups is 2. The van der Waals surface area contributed by atoms with E-state index in [-0.39, 0.29) is 53.9 Å². The van der Waals surface area contributed by atoms with Crippen LogP contribution >= 0.6 is 0 Å². The molecule has 0 aliphatic rings. The third-order valence-electron chi connectivity index (χ3n) is 6.37. The third kappa shape index (κ3) is 12.6. The molecule has 0 fully saturated rings. The number of hydrogen-bond donors (Lipinski definition) is 7. The highest BCUT2D eigenvalue weighted by atomic mass is 19.4.